The average Bonchev–Trinajstić information content (AvgIpc) is 2.86. The Morgan fingerprint density at radius 1 is 1.03 bits per heavy atom. The van der Waals surface area contributed by atoms with Crippen LogP contribution in [-0.2, 0) is 11.2 Å². The van der Waals surface area contributed by atoms with Gasteiger partial charge in [0, 0.05) is 18.2 Å². The van der Waals surface area contributed by atoms with Crippen LogP contribution < -0.4 is 20.1 Å². The molecular formula is C26H33N3O4. The fourth-order valence-corrected chi connectivity index (χ4v) is 4.81. The summed E-state index contributed by atoms with van der Waals surface area (Å²) in [4.78, 5) is 28.0. The number of hydrogen-bond donors (Lipinski definition) is 2. The van der Waals surface area contributed by atoms with Crippen LogP contribution in [0.1, 0.15) is 41.6 Å². The Morgan fingerprint density at radius 2 is 1.79 bits per heavy atom. The van der Waals surface area contributed by atoms with Crippen LogP contribution in [0.15, 0.2) is 48.5 Å². The fourth-order valence-electron chi connectivity index (χ4n) is 4.81. The summed E-state index contributed by atoms with van der Waals surface area (Å²) in [6, 6.07) is 15.3. The van der Waals surface area contributed by atoms with Crippen molar-refractivity contribution >= 4 is 11.8 Å². The molecule has 2 aromatic carbocycles. The lowest BCUT2D eigenvalue weighted by Gasteiger charge is -2.41. The second kappa shape index (κ2) is 10.7. The zero-order chi connectivity index (χ0) is 23.2. The topological polar surface area (TPSA) is 79.9 Å². The SMILES string of the molecule is COc1ccc(CCN(CC2NC(=O)C3CCCCC3N2)C(=O)c2cccc(OC)c2)cc1. The Labute approximate surface area is 195 Å². The van der Waals surface area contributed by atoms with Crippen LogP contribution >= 0.6 is 0 Å². The molecule has 3 atom stereocenters. The average molecular weight is 452 g/mol. The predicted octanol–water partition coefficient (Wildman–Crippen LogP) is 2.99. The van der Waals surface area contributed by atoms with Gasteiger partial charge in [-0.05, 0) is 55.2 Å². The summed E-state index contributed by atoms with van der Waals surface area (Å²) in [6.07, 6.45) is 4.61. The molecule has 1 aliphatic carbocycles. The van der Waals surface area contributed by atoms with Gasteiger partial charge in [0.05, 0.1) is 32.8 Å². The van der Waals surface area contributed by atoms with Gasteiger partial charge in [0.2, 0.25) is 5.91 Å². The molecule has 2 amide bonds. The molecule has 0 aromatic heterocycles. The van der Waals surface area contributed by atoms with E-state index < -0.39 is 0 Å². The van der Waals surface area contributed by atoms with Crippen LogP contribution in [0.4, 0.5) is 0 Å². The molecule has 2 N–H and O–H groups in total. The van der Waals surface area contributed by atoms with Crippen LogP contribution in [-0.4, -0.2) is 56.2 Å². The highest BCUT2D eigenvalue weighted by Crippen LogP contribution is 2.27. The molecule has 1 heterocycles. The molecule has 7 heteroatoms. The Bertz CT molecular complexity index is 962. The lowest BCUT2D eigenvalue weighted by atomic mass is 9.82. The summed E-state index contributed by atoms with van der Waals surface area (Å²) in [5, 5.41) is 6.69. The number of benzene rings is 2. The summed E-state index contributed by atoms with van der Waals surface area (Å²) in [5.41, 5.74) is 1.69. The summed E-state index contributed by atoms with van der Waals surface area (Å²) in [7, 11) is 3.24. The van der Waals surface area contributed by atoms with E-state index in [4.69, 9.17) is 9.47 Å². The number of ether oxygens (including phenoxy) is 2. The van der Waals surface area contributed by atoms with Crippen molar-refractivity contribution in [1.29, 1.82) is 0 Å². The van der Waals surface area contributed by atoms with Crippen molar-refractivity contribution in [3.8, 4) is 11.5 Å². The van der Waals surface area contributed by atoms with Gasteiger partial charge in [-0.15, -0.1) is 0 Å². The largest absolute Gasteiger partial charge is 0.497 e. The highest BCUT2D eigenvalue weighted by atomic mass is 16.5. The number of amides is 2. The van der Waals surface area contributed by atoms with Gasteiger partial charge >= 0.3 is 0 Å². The van der Waals surface area contributed by atoms with Gasteiger partial charge in [0.25, 0.3) is 5.91 Å². The van der Waals surface area contributed by atoms with Gasteiger partial charge in [0.15, 0.2) is 0 Å². The standard InChI is InChI=1S/C26H33N3O4/c1-32-20-12-10-18(11-13-20)14-15-29(26(31)19-6-5-7-21(16-19)33-2)17-24-27-23-9-4-3-8-22(23)25(30)28-24/h5-7,10-13,16,22-24,27H,3-4,8-9,14-15,17H2,1-2H3,(H,28,30). The molecule has 1 aliphatic heterocycles. The van der Waals surface area contributed by atoms with Crippen molar-refractivity contribution in [2.75, 3.05) is 27.3 Å². The molecule has 2 aliphatic rings. The van der Waals surface area contributed by atoms with Crippen LogP contribution in [0.3, 0.4) is 0 Å². The second-order valence-corrected chi connectivity index (χ2v) is 8.81. The van der Waals surface area contributed by atoms with Crippen molar-refractivity contribution in [2.45, 2.75) is 44.3 Å². The molecule has 0 radical (unpaired) electrons. The van der Waals surface area contributed by atoms with Crippen molar-refractivity contribution in [1.82, 2.24) is 15.5 Å². The van der Waals surface area contributed by atoms with E-state index in [2.05, 4.69) is 10.6 Å². The molecule has 3 unspecified atom stereocenters. The molecule has 0 bridgehead atoms. The Morgan fingerprint density at radius 3 is 2.55 bits per heavy atom. The first kappa shape index (κ1) is 23.1. The molecule has 0 spiro atoms. The van der Waals surface area contributed by atoms with Crippen LogP contribution in [0.2, 0.25) is 0 Å². The Kier molecular flexibility index (Phi) is 7.50. The van der Waals surface area contributed by atoms with Crippen LogP contribution in [0, 0.1) is 5.92 Å². The highest BCUT2D eigenvalue weighted by Gasteiger charge is 2.38. The first-order valence-corrected chi connectivity index (χ1v) is 11.7. The van der Waals surface area contributed by atoms with Gasteiger partial charge in [-0.1, -0.05) is 31.0 Å². The number of nitrogens with zero attached hydrogens (tertiary/aromatic N) is 1. The molecule has 2 aromatic rings. The number of hydrogen-bond acceptors (Lipinski definition) is 5. The summed E-state index contributed by atoms with van der Waals surface area (Å²) < 4.78 is 10.5. The summed E-state index contributed by atoms with van der Waals surface area (Å²) in [5.74, 6) is 1.51. The zero-order valence-electron chi connectivity index (χ0n) is 19.4. The summed E-state index contributed by atoms with van der Waals surface area (Å²) >= 11 is 0. The number of rotatable bonds is 8. The van der Waals surface area contributed by atoms with E-state index >= 15 is 0 Å². The van der Waals surface area contributed by atoms with E-state index in [1.165, 1.54) is 0 Å². The zero-order valence-corrected chi connectivity index (χ0v) is 19.4. The first-order chi connectivity index (χ1) is 16.1. The van der Waals surface area contributed by atoms with Crippen molar-refractivity contribution in [2.24, 2.45) is 5.92 Å². The van der Waals surface area contributed by atoms with Crippen molar-refractivity contribution < 1.29 is 19.1 Å². The molecule has 33 heavy (non-hydrogen) atoms. The third kappa shape index (κ3) is 5.66. The number of carbonyl (C=O) groups is 2. The molecule has 7 nitrogen and oxygen atoms in total. The second-order valence-electron chi connectivity index (χ2n) is 8.81. The van der Waals surface area contributed by atoms with E-state index in [0.717, 1.165) is 37.0 Å². The van der Waals surface area contributed by atoms with E-state index in [-0.39, 0.29) is 29.9 Å². The van der Waals surface area contributed by atoms with Gasteiger partial charge in [-0.3, -0.25) is 14.9 Å². The maximum absolute atomic E-state index is 13.5. The maximum Gasteiger partial charge on any atom is 0.254 e. The minimum Gasteiger partial charge on any atom is -0.497 e. The molecule has 2 fully saturated rings. The first-order valence-electron chi connectivity index (χ1n) is 11.7. The Balaban J connectivity index is 1.49. The van der Waals surface area contributed by atoms with Crippen LogP contribution in [0.25, 0.3) is 0 Å². The number of nitrogens with one attached hydrogen (secondary N) is 2. The van der Waals surface area contributed by atoms with Crippen LogP contribution in [0.5, 0.6) is 11.5 Å². The van der Waals surface area contributed by atoms with Gasteiger partial charge < -0.3 is 19.7 Å². The van der Waals surface area contributed by atoms with Gasteiger partial charge in [-0.25, -0.2) is 0 Å². The lowest BCUT2D eigenvalue weighted by Crippen LogP contribution is -2.65. The smallest absolute Gasteiger partial charge is 0.254 e. The van der Waals surface area contributed by atoms with Gasteiger partial charge in [0.1, 0.15) is 11.5 Å². The minimum absolute atomic E-state index is 0.0387. The molecule has 1 saturated heterocycles. The van der Waals surface area contributed by atoms with Crippen molar-refractivity contribution in [3.05, 3.63) is 59.7 Å². The number of fused-ring (bicyclic) bond motifs is 1. The third-order valence-electron chi connectivity index (χ3n) is 6.67. The highest BCUT2D eigenvalue weighted by molar-refractivity contribution is 5.94. The van der Waals surface area contributed by atoms with E-state index in [1.807, 2.05) is 41.3 Å². The molecule has 4 rings (SSSR count). The predicted molar refractivity (Wildman–Crippen MR) is 126 cm³/mol. The third-order valence-corrected chi connectivity index (χ3v) is 6.67. The minimum atomic E-state index is -0.262. The van der Waals surface area contributed by atoms with Crippen molar-refractivity contribution in [3.63, 3.8) is 0 Å². The summed E-state index contributed by atoms with van der Waals surface area (Å²) in [6.45, 7) is 0.936. The quantitative estimate of drug-likeness (QED) is 0.645. The molecular weight excluding hydrogens is 418 g/mol. The normalized spacial score (nSPS) is 22.1. The van der Waals surface area contributed by atoms with E-state index in [1.54, 1.807) is 26.4 Å². The van der Waals surface area contributed by atoms with E-state index in [0.29, 0.717) is 30.8 Å². The molecule has 176 valence electrons. The lowest BCUT2D eigenvalue weighted by molar-refractivity contribution is -0.131. The van der Waals surface area contributed by atoms with E-state index in [9.17, 15) is 9.59 Å². The fraction of sp³-hybridized carbons (Fsp3) is 0.462. The van der Waals surface area contributed by atoms with Gasteiger partial charge in [-0.2, -0.15) is 0 Å². The monoisotopic (exact) mass is 451 g/mol. The Hall–Kier alpha value is -3.06. The number of methoxy groups -OCH3 is 2. The maximum atomic E-state index is 13.5. The molecule has 1 saturated carbocycles. The number of carbonyl (C=O) groups excluding carboxylic acids is 2.